The van der Waals surface area contributed by atoms with E-state index >= 15 is 0 Å². The minimum absolute atomic E-state index is 0.0935. The molecule has 0 atom stereocenters. The predicted molar refractivity (Wildman–Crippen MR) is 66.5 cm³/mol. The monoisotopic (exact) mass is 310 g/mol. The SMILES string of the molecule is O=C(Nc1cccc2n[se]nc12)c1cscn1. The molecule has 1 N–H and O–H groups in total. The molecule has 0 radical (unpaired) electrons. The Balaban J connectivity index is 1.95. The number of aromatic nitrogens is 3. The van der Waals surface area contributed by atoms with E-state index in [-0.39, 0.29) is 20.9 Å². The Morgan fingerprint density at radius 3 is 3.12 bits per heavy atom. The number of carbonyl (C=O) groups is 1. The summed E-state index contributed by atoms with van der Waals surface area (Å²) in [5.74, 6) is -0.214. The molecule has 0 aliphatic rings. The molecular weight excluding hydrogens is 303 g/mol. The molecule has 84 valence electrons. The summed E-state index contributed by atoms with van der Waals surface area (Å²) in [7, 11) is 0. The van der Waals surface area contributed by atoms with E-state index in [9.17, 15) is 4.79 Å². The Morgan fingerprint density at radius 2 is 2.29 bits per heavy atom. The van der Waals surface area contributed by atoms with Crippen LogP contribution in [0.15, 0.2) is 29.1 Å². The van der Waals surface area contributed by atoms with E-state index in [1.807, 2.05) is 18.2 Å². The molecule has 0 aliphatic heterocycles. The number of anilines is 1. The maximum absolute atomic E-state index is 11.8. The van der Waals surface area contributed by atoms with E-state index in [4.69, 9.17) is 0 Å². The molecule has 1 amide bonds. The summed E-state index contributed by atoms with van der Waals surface area (Å²) >= 11 is 1.30. The first kappa shape index (κ1) is 10.6. The van der Waals surface area contributed by atoms with E-state index in [1.165, 1.54) is 11.3 Å². The van der Waals surface area contributed by atoms with Gasteiger partial charge in [-0.3, -0.25) is 0 Å². The van der Waals surface area contributed by atoms with Crippen LogP contribution in [-0.4, -0.2) is 33.8 Å². The number of benzene rings is 1. The molecule has 0 spiro atoms. The number of nitrogens with one attached hydrogen (secondary N) is 1. The van der Waals surface area contributed by atoms with Crippen LogP contribution in [0.2, 0.25) is 0 Å². The van der Waals surface area contributed by atoms with Crippen molar-refractivity contribution in [2.45, 2.75) is 0 Å². The van der Waals surface area contributed by atoms with Crippen molar-refractivity contribution in [2.75, 3.05) is 5.32 Å². The molecule has 1 aromatic carbocycles. The van der Waals surface area contributed by atoms with Gasteiger partial charge in [0.2, 0.25) is 0 Å². The van der Waals surface area contributed by atoms with Crippen LogP contribution in [0.5, 0.6) is 0 Å². The van der Waals surface area contributed by atoms with E-state index < -0.39 is 0 Å². The van der Waals surface area contributed by atoms with Crippen molar-refractivity contribution < 1.29 is 4.79 Å². The molecule has 3 rings (SSSR count). The molecule has 17 heavy (non-hydrogen) atoms. The number of hydrogen-bond donors (Lipinski definition) is 1. The average Bonchev–Trinajstić information content (AvgIpc) is 3.00. The Labute approximate surface area is 107 Å². The number of nitrogens with zero attached hydrogens (tertiary/aromatic N) is 3. The van der Waals surface area contributed by atoms with Crippen LogP contribution in [0.4, 0.5) is 5.69 Å². The molecule has 0 aliphatic carbocycles. The quantitative estimate of drug-likeness (QED) is 0.727. The first-order valence-corrected chi connectivity index (χ1v) is 7.23. The van der Waals surface area contributed by atoms with Crippen LogP contribution in [0.3, 0.4) is 0 Å². The summed E-state index contributed by atoms with van der Waals surface area (Å²) < 4.78 is 8.56. The number of rotatable bonds is 2. The van der Waals surface area contributed by atoms with Crippen LogP contribution in [-0.2, 0) is 0 Å². The third-order valence-corrected chi connectivity index (χ3v) is 3.92. The van der Waals surface area contributed by atoms with Crippen LogP contribution in [0, 0.1) is 0 Å². The Morgan fingerprint density at radius 1 is 1.35 bits per heavy atom. The van der Waals surface area contributed by atoms with Crippen molar-refractivity contribution in [3.8, 4) is 0 Å². The fourth-order valence-electron chi connectivity index (χ4n) is 1.42. The number of hydrogen-bond acceptors (Lipinski definition) is 5. The second kappa shape index (κ2) is 4.37. The van der Waals surface area contributed by atoms with Crippen molar-refractivity contribution in [3.63, 3.8) is 0 Å². The molecule has 0 unspecified atom stereocenters. The molecule has 0 saturated heterocycles. The van der Waals surface area contributed by atoms with E-state index in [0.717, 1.165) is 11.0 Å². The molecule has 5 nitrogen and oxygen atoms in total. The van der Waals surface area contributed by atoms with Gasteiger partial charge in [-0.05, 0) is 0 Å². The molecule has 0 bridgehead atoms. The third-order valence-electron chi connectivity index (χ3n) is 2.20. The van der Waals surface area contributed by atoms with Crippen molar-refractivity contribution in [3.05, 3.63) is 34.8 Å². The molecule has 7 heteroatoms. The summed E-state index contributed by atoms with van der Waals surface area (Å²) in [6.07, 6.45) is 0. The van der Waals surface area contributed by atoms with Gasteiger partial charge in [-0.15, -0.1) is 0 Å². The number of thiazole rings is 1. The summed E-state index contributed by atoms with van der Waals surface area (Å²) in [6, 6.07) is 5.57. The average molecular weight is 309 g/mol. The van der Waals surface area contributed by atoms with Gasteiger partial charge in [0.15, 0.2) is 0 Å². The van der Waals surface area contributed by atoms with E-state index in [2.05, 4.69) is 18.3 Å². The topological polar surface area (TPSA) is 67.8 Å². The van der Waals surface area contributed by atoms with Gasteiger partial charge in [-0.2, -0.15) is 0 Å². The molecule has 3 aromatic rings. The Bertz CT molecular complexity index is 664. The second-order valence-electron chi connectivity index (χ2n) is 3.27. The fourth-order valence-corrected chi connectivity index (χ4v) is 3.10. The van der Waals surface area contributed by atoms with Crippen molar-refractivity contribution >= 4 is 48.9 Å². The fraction of sp³-hybridized carbons (Fsp3) is 0. The predicted octanol–water partition coefficient (Wildman–Crippen LogP) is 1.40. The molecular formula is C10H6N4OSSe. The van der Waals surface area contributed by atoms with Crippen molar-refractivity contribution in [2.24, 2.45) is 0 Å². The zero-order chi connectivity index (χ0) is 11.7. The normalized spacial score (nSPS) is 10.6. The third kappa shape index (κ3) is 2.00. The van der Waals surface area contributed by atoms with Crippen LogP contribution >= 0.6 is 11.3 Å². The van der Waals surface area contributed by atoms with E-state index in [1.54, 1.807) is 10.9 Å². The van der Waals surface area contributed by atoms with Gasteiger partial charge >= 0.3 is 107 Å². The zero-order valence-electron chi connectivity index (χ0n) is 8.45. The summed E-state index contributed by atoms with van der Waals surface area (Å²) in [5, 5.41) is 4.52. The summed E-state index contributed by atoms with van der Waals surface area (Å²) in [4.78, 5) is 15.8. The van der Waals surface area contributed by atoms with Gasteiger partial charge in [0.05, 0.1) is 0 Å². The number of fused-ring (bicyclic) bond motifs is 1. The summed E-state index contributed by atoms with van der Waals surface area (Å²) in [6.45, 7) is 0. The number of amides is 1. The van der Waals surface area contributed by atoms with Crippen LogP contribution in [0.25, 0.3) is 11.0 Å². The van der Waals surface area contributed by atoms with Gasteiger partial charge in [0.1, 0.15) is 0 Å². The van der Waals surface area contributed by atoms with Crippen LogP contribution in [0.1, 0.15) is 10.5 Å². The molecule has 2 heterocycles. The first-order chi connectivity index (χ1) is 8.34. The molecule has 0 saturated carbocycles. The first-order valence-electron chi connectivity index (χ1n) is 4.75. The molecule has 0 fully saturated rings. The summed E-state index contributed by atoms with van der Waals surface area (Å²) in [5.41, 5.74) is 4.38. The Kier molecular flexibility index (Phi) is 2.72. The maximum atomic E-state index is 11.8. The second-order valence-corrected chi connectivity index (χ2v) is 5.09. The minimum atomic E-state index is -0.214. The van der Waals surface area contributed by atoms with Gasteiger partial charge in [0, 0.05) is 0 Å². The van der Waals surface area contributed by atoms with Crippen LogP contribution < -0.4 is 5.32 Å². The van der Waals surface area contributed by atoms with Gasteiger partial charge in [0.25, 0.3) is 0 Å². The van der Waals surface area contributed by atoms with Crippen molar-refractivity contribution in [1.82, 2.24) is 12.9 Å². The van der Waals surface area contributed by atoms with Gasteiger partial charge < -0.3 is 0 Å². The number of carbonyl (C=O) groups excluding carboxylic acids is 1. The Hall–Kier alpha value is -1.56. The van der Waals surface area contributed by atoms with E-state index in [0.29, 0.717) is 11.4 Å². The molecule has 2 aromatic heterocycles. The zero-order valence-corrected chi connectivity index (χ0v) is 11.0. The standard InChI is InChI=1S/C10H6N4OSSe/c15-10(8-4-16-5-11-8)12-6-2-1-3-7-9(6)14-17-13-7/h1-5H,(H,12,15). The van der Waals surface area contributed by atoms with Crippen molar-refractivity contribution in [1.29, 1.82) is 0 Å². The van der Waals surface area contributed by atoms with Gasteiger partial charge in [-0.1, -0.05) is 0 Å². The van der Waals surface area contributed by atoms with Gasteiger partial charge in [-0.25, -0.2) is 0 Å².